The molecule has 7 nitrogen and oxygen atoms in total. The molecule has 0 aliphatic carbocycles. The van der Waals surface area contributed by atoms with Crippen molar-refractivity contribution in [3.8, 4) is 5.75 Å². The Hall–Kier alpha value is -2.39. The topological polar surface area (TPSA) is 78.0 Å². The lowest BCUT2D eigenvalue weighted by atomic mass is 10.0. The van der Waals surface area contributed by atoms with Crippen molar-refractivity contribution in [1.82, 2.24) is 4.98 Å². The predicted octanol–water partition coefficient (Wildman–Crippen LogP) is 4.07. The van der Waals surface area contributed by atoms with Gasteiger partial charge < -0.3 is 19.1 Å². The standard InChI is InChI=1S/C23H23ClN2O5S/c1-29-17-4-7-20-19(14-17)22(26-10-8-23(9-11-26)30-12-13-31-23)21(15-25-20)32(27,28)18-5-2-16(24)3-6-18/h2-7,14-15H,8-13H2,1H3. The van der Waals surface area contributed by atoms with Crippen molar-refractivity contribution < 1.29 is 22.6 Å². The third-order valence-corrected chi connectivity index (χ3v) is 8.10. The van der Waals surface area contributed by atoms with Gasteiger partial charge in [-0.1, -0.05) is 11.6 Å². The van der Waals surface area contributed by atoms with Crippen LogP contribution in [0.3, 0.4) is 0 Å². The van der Waals surface area contributed by atoms with Crippen LogP contribution >= 0.6 is 11.6 Å². The van der Waals surface area contributed by atoms with E-state index in [-0.39, 0.29) is 9.79 Å². The second-order valence-corrected chi connectivity index (χ2v) is 10.3. The van der Waals surface area contributed by atoms with Gasteiger partial charge in [0.15, 0.2) is 5.79 Å². The van der Waals surface area contributed by atoms with Crippen molar-refractivity contribution in [2.24, 2.45) is 0 Å². The Morgan fingerprint density at radius 1 is 1.06 bits per heavy atom. The number of sulfone groups is 1. The zero-order valence-corrected chi connectivity index (χ0v) is 19.2. The Kier molecular flexibility index (Phi) is 5.49. The Balaban J connectivity index is 1.65. The number of hydrogen-bond acceptors (Lipinski definition) is 7. The number of rotatable bonds is 4. The lowest BCUT2D eigenvalue weighted by Gasteiger charge is -2.39. The van der Waals surface area contributed by atoms with Crippen LogP contribution in [0, 0.1) is 0 Å². The molecule has 1 aromatic heterocycles. The van der Waals surface area contributed by atoms with E-state index in [1.807, 2.05) is 18.2 Å². The van der Waals surface area contributed by atoms with Crippen LogP contribution in [0.2, 0.25) is 5.02 Å². The molecule has 3 aromatic rings. The highest BCUT2D eigenvalue weighted by Crippen LogP contribution is 2.41. The Labute approximate surface area is 191 Å². The minimum Gasteiger partial charge on any atom is -0.497 e. The van der Waals surface area contributed by atoms with E-state index >= 15 is 0 Å². The van der Waals surface area contributed by atoms with Gasteiger partial charge in [0.05, 0.1) is 36.4 Å². The number of halogens is 1. The largest absolute Gasteiger partial charge is 0.497 e. The fraction of sp³-hybridized carbons (Fsp3) is 0.348. The SMILES string of the molecule is COc1ccc2ncc(S(=O)(=O)c3ccc(Cl)cc3)c(N3CCC4(CC3)OCCO4)c2c1. The van der Waals surface area contributed by atoms with Crippen LogP contribution in [0.25, 0.3) is 10.9 Å². The smallest absolute Gasteiger partial charge is 0.210 e. The quantitative estimate of drug-likeness (QED) is 0.564. The van der Waals surface area contributed by atoms with Gasteiger partial charge in [0.2, 0.25) is 9.84 Å². The fourth-order valence-electron chi connectivity index (χ4n) is 4.39. The summed E-state index contributed by atoms with van der Waals surface area (Å²) < 4.78 is 44.5. The van der Waals surface area contributed by atoms with E-state index in [1.165, 1.54) is 18.3 Å². The highest BCUT2D eigenvalue weighted by Gasteiger charge is 2.41. The number of pyridine rings is 1. The van der Waals surface area contributed by atoms with Crippen molar-refractivity contribution in [1.29, 1.82) is 0 Å². The zero-order valence-electron chi connectivity index (χ0n) is 17.6. The third kappa shape index (κ3) is 3.71. The monoisotopic (exact) mass is 474 g/mol. The molecule has 32 heavy (non-hydrogen) atoms. The van der Waals surface area contributed by atoms with E-state index in [9.17, 15) is 8.42 Å². The molecule has 0 saturated carbocycles. The number of nitrogens with zero attached hydrogens (tertiary/aromatic N) is 2. The minimum atomic E-state index is -3.84. The number of benzene rings is 2. The van der Waals surface area contributed by atoms with Gasteiger partial charge in [0.25, 0.3) is 0 Å². The average Bonchev–Trinajstić information content (AvgIpc) is 3.26. The minimum absolute atomic E-state index is 0.157. The summed E-state index contributed by atoms with van der Waals surface area (Å²) in [6.45, 7) is 2.37. The zero-order chi connectivity index (χ0) is 22.3. The first-order chi connectivity index (χ1) is 15.4. The molecule has 0 radical (unpaired) electrons. The maximum atomic E-state index is 13.7. The van der Waals surface area contributed by atoms with Gasteiger partial charge in [0, 0.05) is 42.5 Å². The maximum absolute atomic E-state index is 13.7. The summed E-state index contributed by atoms with van der Waals surface area (Å²) in [4.78, 5) is 6.87. The molecule has 0 atom stereocenters. The first kappa shape index (κ1) is 21.5. The van der Waals surface area contributed by atoms with E-state index < -0.39 is 15.6 Å². The summed E-state index contributed by atoms with van der Waals surface area (Å²) in [6.07, 6.45) is 2.75. The maximum Gasteiger partial charge on any atom is 0.210 e. The summed E-state index contributed by atoms with van der Waals surface area (Å²) in [5.41, 5.74) is 1.32. The normalized spacial score (nSPS) is 18.4. The second kappa shape index (κ2) is 8.19. The van der Waals surface area contributed by atoms with Gasteiger partial charge in [-0.05, 0) is 42.5 Å². The summed E-state index contributed by atoms with van der Waals surface area (Å²) in [7, 11) is -2.26. The number of hydrogen-bond donors (Lipinski definition) is 0. The van der Waals surface area contributed by atoms with E-state index in [4.69, 9.17) is 25.8 Å². The molecule has 2 fully saturated rings. The van der Waals surface area contributed by atoms with E-state index in [0.717, 1.165) is 5.39 Å². The summed E-state index contributed by atoms with van der Waals surface area (Å²) in [6, 6.07) is 11.7. The van der Waals surface area contributed by atoms with Crippen molar-refractivity contribution in [2.45, 2.75) is 28.4 Å². The van der Waals surface area contributed by atoms with Gasteiger partial charge in [-0.25, -0.2) is 8.42 Å². The number of fused-ring (bicyclic) bond motifs is 1. The molecule has 1 spiro atoms. The lowest BCUT2D eigenvalue weighted by molar-refractivity contribution is -0.169. The molecular weight excluding hydrogens is 452 g/mol. The third-order valence-electron chi connectivity index (χ3n) is 6.08. The van der Waals surface area contributed by atoms with Crippen molar-refractivity contribution in [2.75, 3.05) is 38.3 Å². The predicted molar refractivity (Wildman–Crippen MR) is 121 cm³/mol. The summed E-state index contributed by atoms with van der Waals surface area (Å²) in [5, 5.41) is 1.20. The fourth-order valence-corrected chi connectivity index (χ4v) is 5.95. The second-order valence-electron chi connectivity index (χ2n) is 7.91. The number of ether oxygens (including phenoxy) is 3. The molecule has 0 unspecified atom stereocenters. The molecule has 168 valence electrons. The van der Waals surface area contributed by atoms with E-state index in [1.54, 1.807) is 19.2 Å². The number of aromatic nitrogens is 1. The van der Waals surface area contributed by atoms with Gasteiger partial charge in [-0.2, -0.15) is 0 Å². The highest BCUT2D eigenvalue weighted by atomic mass is 35.5. The molecule has 0 N–H and O–H groups in total. The van der Waals surface area contributed by atoms with Crippen molar-refractivity contribution in [3.05, 3.63) is 53.7 Å². The first-order valence-electron chi connectivity index (χ1n) is 10.4. The summed E-state index contributed by atoms with van der Waals surface area (Å²) >= 11 is 5.98. The summed E-state index contributed by atoms with van der Waals surface area (Å²) in [5.74, 6) is 0.0733. The van der Waals surface area contributed by atoms with Crippen molar-refractivity contribution in [3.63, 3.8) is 0 Å². The van der Waals surface area contributed by atoms with Gasteiger partial charge in [0.1, 0.15) is 10.6 Å². The van der Waals surface area contributed by atoms with Crippen LogP contribution in [-0.4, -0.2) is 52.6 Å². The van der Waals surface area contributed by atoms with Crippen LogP contribution < -0.4 is 9.64 Å². The van der Waals surface area contributed by atoms with Crippen LogP contribution in [0.5, 0.6) is 5.75 Å². The molecule has 2 saturated heterocycles. The Morgan fingerprint density at radius 2 is 1.75 bits per heavy atom. The van der Waals surface area contributed by atoms with Crippen molar-refractivity contribution >= 4 is 38.0 Å². The van der Waals surface area contributed by atoms with Crippen LogP contribution in [0.15, 0.2) is 58.5 Å². The number of methoxy groups -OCH3 is 1. The highest BCUT2D eigenvalue weighted by molar-refractivity contribution is 7.91. The molecule has 0 amide bonds. The molecular formula is C23H23ClN2O5S. The van der Waals surface area contributed by atoms with Crippen LogP contribution in [-0.2, 0) is 19.3 Å². The molecule has 2 aliphatic heterocycles. The van der Waals surface area contributed by atoms with E-state index in [2.05, 4.69) is 9.88 Å². The lowest BCUT2D eigenvalue weighted by Crippen LogP contribution is -2.45. The van der Waals surface area contributed by atoms with Crippen LogP contribution in [0.1, 0.15) is 12.8 Å². The van der Waals surface area contributed by atoms with Gasteiger partial charge >= 0.3 is 0 Å². The Bertz CT molecular complexity index is 1250. The van der Waals surface area contributed by atoms with Crippen LogP contribution in [0.4, 0.5) is 5.69 Å². The molecule has 2 aliphatic rings. The number of piperidine rings is 1. The molecule has 3 heterocycles. The molecule has 9 heteroatoms. The number of anilines is 1. The van der Waals surface area contributed by atoms with Gasteiger partial charge in [-0.15, -0.1) is 0 Å². The Morgan fingerprint density at radius 3 is 2.41 bits per heavy atom. The first-order valence-corrected chi connectivity index (χ1v) is 12.3. The molecule has 2 aromatic carbocycles. The molecule has 0 bridgehead atoms. The van der Waals surface area contributed by atoms with E-state index in [0.29, 0.717) is 61.1 Å². The van der Waals surface area contributed by atoms with Gasteiger partial charge in [-0.3, -0.25) is 4.98 Å². The molecule has 5 rings (SSSR count). The average molecular weight is 475 g/mol.